The van der Waals surface area contributed by atoms with Gasteiger partial charge in [0.25, 0.3) is 5.91 Å². The molecule has 0 saturated heterocycles. The summed E-state index contributed by atoms with van der Waals surface area (Å²) in [6.45, 7) is 22.0. The lowest BCUT2D eigenvalue weighted by Gasteiger charge is -2.33. The van der Waals surface area contributed by atoms with Crippen LogP contribution in [0.2, 0.25) is 0 Å². The number of phenolic OH excluding ortho intramolecular Hbond substituents is 1. The van der Waals surface area contributed by atoms with E-state index in [0.717, 1.165) is 23.1 Å². The van der Waals surface area contributed by atoms with Crippen molar-refractivity contribution in [1.82, 2.24) is 41.5 Å². The number of carbonyl (C=O) groups is 8. The van der Waals surface area contributed by atoms with E-state index in [1.54, 1.807) is 55.4 Å². The second-order valence-electron chi connectivity index (χ2n) is 22.3. The number of aryl methyl sites for hydroxylation is 2. The van der Waals surface area contributed by atoms with Gasteiger partial charge in [0.1, 0.15) is 53.5 Å². The van der Waals surface area contributed by atoms with Gasteiger partial charge in [-0.2, -0.15) is 0 Å². The molecule has 2 heterocycles. The minimum absolute atomic E-state index is 0.0194. The first kappa shape index (κ1) is 61.6. The fourth-order valence-corrected chi connectivity index (χ4v) is 8.55. The van der Waals surface area contributed by atoms with Gasteiger partial charge in [-0.1, -0.05) is 51.1 Å². The third-order valence-corrected chi connectivity index (χ3v) is 12.3. The number of phenols is 1. The van der Waals surface area contributed by atoms with Crippen LogP contribution in [0, 0.1) is 13.8 Å². The zero-order chi connectivity index (χ0) is 58.9. The predicted octanol–water partition coefficient (Wildman–Crippen LogP) is 6.22. The Morgan fingerprint density at radius 2 is 1.39 bits per heavy atom. The molecule has 22 nitrogen and oxygen atoms in total. The number of alkyl carbamates (subject to hydrolysis) is 2. The molecule has 0 spiro atoms. The number of nitrogens with one attached hydrogen (secondary N) is 6. The van der Waals surface area contributed by atoms with E-state index >= 15 is 4.79 Å². The van der Waals surface area contributed by atoms with Gasteiger partial charge in [0.2, 0.25) is 23.6 Å². The maximum absolute atomic E-state index is 15.2. The van der Waals surface area contributed by atoms with Crippen LogP contribution >= 0.6 is 0 Å². The van der Waals surface area contributed by atoms with E-state index in [0.29, 0.717) is 22.8 Å². The molecule has 426 valence electrons. The van der Waals surface area contributed by atoms with Crippen molar-refractivity contribution in [2.45, 2.75) is 144 Å². The number of nitrogens with zero attached hydrogens (tertiary/aromatic N) is 3. The number of rotatable bonds is 14. The lowest BCUT2D eigenvalue weighted by molar-refractivity contribution is -0.145. The average Bonchev–Trinajstić information content (AvgIpc) is 3.35. The number of methoxy groups -OCH3 is 1. The molecule has 3 aromatic carbocycles. The van der Waals surface area contributed by atoms with E-state index in [1.807, 2.05) is 24.3 Å². The highest BCUT2D eigenvalue weighted by molar-refractivity contribution is 6.01. The first-order valence-corrected chi connectivity index (χ1v) is 25.8. The number of hydrogen-bond acceptors (Lipinski definition) is 15. The number of fused-ring (bicyclic) bond motifs is 5. The van der Waals surface area contributed by atoms with Crippen LogP contribution in [0.4, 0.5) is 15.3 Å². The molecule has 0 radical (unpaired) electrons. The molecular formula is C57H75N9O13. The van der Waals surface area contributed by atoms with E-state index in [1.165, 1.54) is 51.2 Å². The molecule has 0 fully saturated rings. The van der Waals surface area contributed by atoms with Gasteiger partial charge >= 0.3 is 18.2 Å². The Balaban J connectivity index is 1.65. The first-order chi connectivity index (χ1) is 36.8. The number of aromatic hydroxyl groups is 1. The van der Waals surface area contributed by atoms with Crippen LogP contribution in [-0.4, -0.2) is 131 Å². The fourth-order valence-electron chi connectivity index (χ4n) is 8.55. The van der Waals surface area contributed by atoms with Gasteiger partial charge in [0, 0.05) is 43.6 Å². The summed E-state index contributed by atoms with van der Waals surface area (Å²) in [5, 5.41) is 27.9. The Bertz CT molecular complexity index is 2940. The van der Waals surface area contributed by atoms with Crippen LogP contribution < -0.4 is 36.6 Å². The largest absolute Gasteiger partial charge is 0.505 e. The number of esters is 1. The summed E-state index contributed by atoms with van der Waals surface area (Å²) >= 11 is 0. The number of amides is 7. The van der Waals surface area contributed by atoms with E-state index < -0.39 is 88.8 Å². The summed E-state index contributed by atoms with van der Waals surface area (Å²) in [6, 6.07) is 9.36. The summed E-state index contributed by atoms with van der Waals surface area (Å²) in [7, 11) is 2.44. The van der Waals surface area contributed by atoms with Gasteiger partial charge < -0.3 is 60.9 Å². The number of carbonyl (C=O) groups excluding carboxylic acids is 8. The van der Waals surface area contributed by atoms with Crippen molar-refractivity contribution in [3.8, 4) is 34.0 Å². The molecule has 1 aliphatic rings. The fraction of sp³-hybridized carbons (Fsp3) is 0.474. The molecular weight excluding hydrogens is 1020 g/mol. The SMILES string of the molecule is COC(=O)[C@@H]1Cc2cc(NC(C)=O)c(O)c(c2)-c2cc(ccc2OCCNC(=O)OC(C)(C)C)[C@H](N(C)C(=O)[C@H](CCNC(=O)OC(C)(C)C)NC(=O)c2c(C)nc(-c3ccc(C(C)(C)C)cc3)nc2C)C(=O)N[C@@H](C)C(=O)N1. The van der Waals surface area contributed by atoms with Crippen LogP contribution in [0.3, 0.4) is 0 Å². The normalized spacial score (nSPS) is 16.1. The Labute approximate surface area is 460 Å². The second kappa shape index (κ2) is 25.4. The molecule has 7 N–H and O–H groups in total. The summed E-state index contributed by atoms with van der Waals surface area (Å²) in [4.78, 5) is 120. The number of benzene rings is 3. The highest BCUT2D eigenvalue weighted by Gasteiger charge is 2.37. The quantitative estimate of drug-likeness (QED) is 0.0319. The van der Waals surface area contributed by atoms with E-state index in [4.69, 9.17) is 18.9 Å². The molecule has 0 aliphatic carbocycles. The van der Waals surface area contributed by atoms with Crippen LogP contribution in [0.5, 0.6) is 11.5 Å². The predicted molar refractivity (Wildman–Crippen MR) is 294 cm³/mol. The van der Waals surface area contributed by atoms with Crippen molar-refractivity contribution in [3.63, 3.8) is 0 Å². The van der Waals surface area contributed by atoms with Crippen LogP contribution in [0.25, 0.3) is 22.5 Å². The maximum atomic E-state index is 15.2. The molecule has 22 heteroatoms. The highest BCUT2D eigenvalue weighted by Crippen LogP contribution is 2.43. The zero-order valence-electron chi connectivity index (χ0n) is 47.7. The Hall–Kier alpha value is -8.30. The van der Waals surface area contributed by atoms with Crippen LogP contribution in [0.1, 0.15) is 127 Å². The van der Waals surface area contributed by atoms with Gasteiger partial charge in [0.05, 0.1) is 36.3 Å². The van der Waals surface area contributed by atoms with Gasteiger partial charge in [-0.25, -0.2) is 24.4 Å². The van der Waals surface area contributed by atoms with Crippen molar-refractivity contribution in [3.05, 3.63) is 88.2 Å². The zero-order valence-corrected chi connectivity index (χ0v) is 47.7. The van der Waals surface area contributed by atoms with Gasteiger partial charge in [0.15, 0.2) is 5.82 Å². The second-order valence-corrected chi connectivity index (χ2v) is 22.3. The third kappa shape index (κ3) is 16.8. The van der Waals surface area contributed by atoms with Crippen molar-refractivity contribution < 1.29 is 62.4 Å². The summed E-state index contributed by atoms with van der Waals surface area (Å²) in [5.41, 5.74) is 1.27. The average molecular weight is 1090 g/mol. The smallest absolute Gasteiger partial charge is 0.407 e. The van der Waals surface area contributed by atoms with E-state index in [9.17, 15) is 38.7 Å². The molecule has 5 rings (SSSR count). The van der Waals surface area contributed by atoms with Gasteiger partial charge in [-0.05, 0) is 115 Å². The van der Waals surface area contributed by atoms with E-state index in [2.05, 4.69) is 62.6 Å². The molecule has 4 aromatic rings. The Kier molecular flexibility index (Phi) is 19.8. The maximum Gasteiger partial charge on any atom is 0.407 e. The molecule has 7 amide bonds. The lowest BCUT2D eigenvalue weighted by Crippen LogP contribution is -2.55. The first-order valence-electron chi connectivity index (χ1n) is 25.8. The third-order valence-electron chi connectivity index (χ3n) is 12.3. The van der Waals surface area contributed by atoms with Gasteiger partial charge in [-0.15, -0.1) is 0 Å². The number of likely N-dealkylation sites (N-methyl/N-ethyl adjacent to an activating group) is 1. The molecule has 4 atom stereocenters. The standard InChI is InChI=1S/C57H75N9O13/c1-30-44(31(2)61-47(60-30)35-16-19-37(20-17-35)55(5,6)7)49(70)64-40(22-23-58-53(74)78-56(8,9)10)51(72)66(14)45-36-18-21-43(77-25-24-59-54(75)79-57(11,12)13)38(29-36)39-26-34(27-41(46(39)68)63-33(4)67)28-42(52(73)76-15)65-48(69)32(3)62-50(45)71/h16-21,26-27,29,32,40,42,45,68H,22-25,28H2,1-15H3,(H,58,74)(H,59,75)(H,62,71)(H,63,67)(H,64,70)(H,65,69)/t32-,40-,42-,45-/m0/s1. The summed E-state index contributed by atoms with van der Waals surface area (Å²) in [6.07, 6.45) is -1.94. The monoisotopic (exact) mass is 1090 g/mol. The van der Waals surface area contributed by atoms with E-state index in [-0.39, 0.29) is 71.6 Å². The van der Waals surface area contributed by atoms with Crippen LogP contribution in [0.15, 0.2) is 54.6 Å². The van der Waals surface area contributed by atoms with Crippen molar-refractivity contribution in [1.29, 1.82) is 0 Å². The Morgan fingerprint density at radius 3 is 1.95 bits per heavy atom. The lowest BCUT2D eigenvalue weighted by atomic mass is 9.86. The number of anilines is 1. The minimum atomic E-state index is -1.63. The molecule has 79 heavy (non-hydrogen) atoms. The molecule has 0 saturated carbocycles. The minimum Gasteiger partial charge on any atom is -0.505 e. The van der Waals surface area contributed by atoms with Gasteiger partial charge in [-0.3, -0.25) is 24.0 Å². The van der Waals surface area contributed by atoms with Crippen molar-refractivity contribution in [2.24, 2.45) is 0 Å². The summed E-state index contributed by atoms with van der Waals surface area (Å²) in [5.74, 6) is -4.66. The Morgan fingerprint density at radius 1 is 0.797 bits per heavy atom. The number of ether oxygens (including phenoxy) is 4. The number of hydrogen-bond donors (Lipinski definition) is 7. The molecule has 4 bridgehead atoms. The molecule has 0 unspecified atom stereocenters. The molecule has 1 aromatic heterocycles. The molecule has 1 aliphatic heterocycles. The highest BCUT2D eigenvalue weighted by atomic mass is 16.6. The number of aromatic nitrogens is 2. The summed E-state index contributed by atoms with van der Waals surface area (Å²) < 4.78 is 22.0. The topological polar surface area (TPSA) is 295 Å². The van der Waals surface area contributed by atoms with Crippen molar-refractivity contribution in [2.75, 3.05) is 39.2 Å². The van der Waals surface area contributed by atoms with Crippen LogP contribution in [-0.2, 0) is 50.0 Å². The van der Waals surface area contributed by atoms with Crippen molar-refractivity contribution >= 4 is 53.4 Å².